The fourth-order valence-electron chi connectivity index (χ4n) is 2.16. The van der Waals surface area contributed by atoms with E-state index in [1.807, 2.05) is 18.2 Å². The minimum Gasteiger partial charge on any atom is -0.316 e. The Labute approximate surface area is 104 Å². The second kappa shape index (κ2) is 3.69. The summed E-state index contributed by atoms with van der Waals surface area (Å²) in [5.74, 6) is 0. The summed E-state index contributed by atoms with van der Waals surface area (Å²) in [5.41, 5.74) is 1.27. The Bertz CT molecular complexity index is 529. The maximum atomic E-state index is 5.99. The van der Waals surface area contributed by atoms with Gasteiger partial charge < -0.3 is 5.32 Å². The van der Waals surface area contributed by atoms with Crippen LogP contribution < -0.4 is 5.32 Å². The van der Waals surface area contributed by atoms with Gasteiger partial charge in [-0.1, -0.05) is 18.5 Å². The molecular weight excluding hydrogens is 240 g/mol. The average molecular weight is 253 g/mol. The Morgan fingerprint density at radius 3 is 3.12 bits per heavy atom. The van der Waals surface area contributed by atoms with E-state index in [1.54, 1.807) is 11.3 Å². The van der Waals surface area contributed by atoms with Crippen LogP contribution in [0.4, 0.5) is 0 Å². The van der Waals surface area contributed by atoms with Crippen molar-refractivity contribution < 1.29 is 0 Å². The molecule has 1 unspecified atom stereocenters. The molecule has 16 heavy (non-hydrogen) atoms. The van der Waals surface area contributed by atoms with Crippen molar-refractivity contribution in [3.8, 4) is 0 Å². The van der Waals surface area contributed by atoms with Gasteiger partial charge in [0.25, 0.3) is 0 Å². The SMILES string of the molecule is CC1(c2nc3ccc(Cl)cc3s2)CCNC1. The van der Waals surface area contributed by atoms with E-state index in [0.717, 1.165) is 23.6 Å². The Balaban J connectivity index is 2.11. The minimum absolute atomic E-state index is 0.205. The standard InChI is InChI=1S/C12H13ClN2S/c1-12(4-5-14-7-12)11-15-9-3-2-8(13)6-10(9)16-11/h2-3,6,14H,4-5,7H2,1H3. The molecule has 1 aliphatic heterocycles. The lowest BCUT2D eigenvalue weighted by atomic mass is 9.91. The number of fused-ring (bicyclic) bond motifs is 1. The fourth-order valence-corrected chi connectivity index (χ4v) is 3.57. The van der Waals surface area contributed by atoms with E-state index in [4.69, 9.17) is 16.6 Å². The number of benzene rings is 1. The molecule has 1 aromatic heterocycles. The molecule has 3 rings (SSSR count). The quantitative estimate of drug-likeness (QED) is 0.843. The lowest BCUT2D eigenvalue weighted by molar-refractivity contribution is 0.523. The van der Waals surface area contributed by atoms with Gasteiger partial charge in [-0.25, -0.2) is 4.98 Å². The molecule has 2 nitrogen and oxygen atoms in total. The van der Waals surface area contributed by atoms with Gasteiger partial charge in [-0.05, 0) is 31.2 Å². The van der Waals surface area contributed by atoms with Gasteiger partial charge in [0.1, 0.15) is 5.01 Å². The summed E-state index contributed by atoms with van der Waals surface area (Å²) in [6.45, 7) is 4.40. The van der Waals surface area contributed by atoms with E-state index in [-0.39, 0.29) is 5.41 Å². The zero-order chi connectivity index (χ0) is 11.2. The van der Waals surface area contributed by atoms with Gasteiger partial charge >= 0.3 is 0 Å². The molecule has 1 atom stereocenters. The molecule has 84 valence electrons. The maximum absolute atomic E-state index is 5.99. The first kappa shape index (κ1) is 10.5. The smallest absolute Gasteiger partial charge is 0.101 e. The summed E-state index contributed by atoms with van der Waals surface area (Å²) in [4.78, 5) is 4.73. The van der Waals surface area contributed by atoms with Crippen molar-refractivity contribution in [1.82, 2.24) is 10.3 Å². The molecule has 2 heterocycles. The van der Waals surface area contributed by atoms with Crippen LogP contribution in [0.15, 0.2) is 18.2 Å². The number of nitrogens with zero attached hydrogens (tertiary/aromatic N) is 1. The van der Waals surface area contributed by atoms with Gasteiger partial charge in [-0.3, -0.25) is 0 Å². The van der Waals surface area contributed by atoms with E-state index in [9.17, 15) is 0 Å². The van der Waals surface area contributed by atoms with Crippen molar-refractivity contribution in [2.45, 2.75) is 18.8 Å². The lowest BCUT2D eigenvalue weighted by Gasteiger charge is -2.18. The van der Waals surface area contributed by atoms with Crippen molar-refractivity contribution >= 4 is 33.2 Å². The van der Waals surface area contributed by atoms with E-state index in [0.29, 0.717) is 0 Å². The first-order valence-electron chi connectivity index (χ1n) is 5.45. The lowest BCUT2D eigenvalue weighted by Crippen LogP contribution is -2.24. The Morgan fingerprint density at radius 2 is 2.38 bits per heavy atom. The number of hydrogen-bond acceptors (Lipinski definition) is 3. The molecule has 0 aliphatic carbocycles. The number of rotatable bonds is 1. The molecule has 0 amide bonds. The van der Waals surface area contributed by atoms with Crippen LogP contribution in [-0.4, -0.2) is 18.1 Å². The maximum Gasteiger partial charge on any atom is 0.101 e. The third-order valence-electron chi connectivity index (χ3n) is 3.24. The van der Waals surface area contributed by atoms with E-state index >= 15 is 0 Å². The van der Waals surface area contributed by atoms with Crippen molar-refractivity contribution in [3.05, 3.63) is 28.2 Å². The summed E-state index contributed by atoms with van der Waals surface area (Å²) in [7, 11) is 0. The Hall–Kier alpha value is -0.640. The summed E-state index contributed by atoms with van der Waals surface area (Å²) in [6.07, 6.45) is 1.17. The molecule has 4 heteroatoms. The molecule has 1 fully saturated rings. The fraction of sp³-hybridized carbons (Fsp3) is 0.417. The molecule has 1 aliphatic rings. The van der Waals surface area contributed by atoms with Crippen LogP contribution in [0.2, 0.25) is 5.02 Å². The van der Waals surface area contributed by atoms with Crippen molar-refractivity contribution in [2.75, 3.05) is 13.1 Å². The number of halogens is 1. The molecule has 0 radical (unpaired) electrons. The average Bonchev–Trinajstić information content (AvgIpc) is 2.84. The van der Waals surface area contributed by atoms with Gasteiger partial charge in [0.15, 0.2) is 0 Å². The summed E-state index contributed by atoms with van der Waals surface area (Å²) >= 11 is 7.76. The molecule has 1 saturated heterocycles. The molecule has 0 bridgehead atoms. The number of thiazole rings is 1. The number of aromatic nitrogens is 1. The predicted octanol–water partition coefficient (Wildman–Crippen LogP) is 3.20. The van der Waals surface area contributed by atoms with Crippen molar-refractivity contribution in [1.29, 1.82) is 0 Å². The zero-order valence-corrected chi connectivity index (χ0v) is 10.7. The minimum atomic E-state index is 0.205. The number of nitrogens with one attached hydrogen (secondary N) is 1. The highest BCUT2D eigenvalue weighted by atomic mass is 35.5. The molecule has 1 aromatic carbocycles. The molecule has 1 N–H and O–H groups in total. The highest BCUT2D eigenvalue weighted by Gasteiger charge is 2.33. The normalized spacial score (nSPS) is 25.4. The predicted molar refractivity (Wildman–Crippen MR) is 69.5 cm³/mol. The van der Waals surface area contributed by atoms with Crippen LogP contribution in [0.5, 0.6) is 0 Å². The van der Waals surface area contributed by atoms with E-state index < -0.39 is 0 Å². The molecule has 0 spiro atoms. The highest BCUT2D eigenvalue weighted by Crippen LogP contribution is 2.36. The first-order chi connectivity index (χ1) is 7.67. The van der Waals surface area contributed by atoms with Crippen molar-refractivity contribution in [2.24, 2.45) is 0 Å². The third-order valence-corrected chi connectivity index (χ3v) is 4.79. The summed E-state index contributed by atoms with van der Waals surface area (Å²) < 4.78 is 1.19. The number of hydrogen-bond donors (Lipinski definition) is 1. The van der Waals surface area contributed by atoms with E-state index in [1.165, 1.54) is 16.1 Å². The van der Waals surface area contributed by atoms with Crippen LogP contribution in [0.25, 0.3) is 10.2 Å². The van der Waals surface area contributed by atoms with Gasteiger partial charge in [-0.2, -0.15) is 0 Å². The first-order valence-corrected chi connectivity index (χ1v) is 6.64. The highest BCUT2D eigenvalue weighted by molar-refractivity contribution is 7.18. The second-order valence-corrected chi connectivity index (χ2v) is 6.09. The van der Waals surface area contributed by atoms with Crippen LogP contribution in [0.1, 0.15) is 18.4 Å². The van der Waals surface area contributed by atoms with Crippen LogP contribution in [0, 0.1) is 0 Å². The largest absolute Gasteiger partial charge is 0.316 e. The molecular formula is C12H13ClN2S. The van der Waals surface area contributed by atoms with Gasteiger partial charge in [0.2, 0.25) is 0 Å². The summed E-state index contributed by atoms with van der Waals surface area (Å²) in [6, 6.07) is 5.91. The Morgan fingerprint density at radius 1 is 1.50 bits per heavy atom. The molecule has 2 aromatic rings. The van der Waals surface area contributed by atoms with Crippen LogP contribution in [-0.2, 0) is 5.41 Å². The second-order valence-electron chi connectivity index (χ2n) is 4.62. The van der Waals surface area contributed by atoms with Crippen LogP contribution in [0.3, 0.4) is 0 Å². The topological polar surface area (TPSA) is 24.9 Å². The molecule has 0 saturated carbocycles. The third kappa shape index (κ3) is 1.63. The summed E-state index contributed by atoms with van der Waals surface area (Å²) in [5, 5.41) is 5.43. The van der Waals surface area contributed by atoms with Gasteiger partial charge in [-0.15, -0.1) is 11.3 Å². The van der Waals surface area contributed by atoms with Gasteiger partial charge in [0.05, 0.1) is 10.2 Å². The van der Waals surface area contributed by atoms with Crippen molar-refractivity contribution in [3.63, 3.8) is 0 Å². The van der Waals surface area contributed by atoms with Gasteiger partial charge in [0, 0.05) is 17.0 Å². The monoisotopic (exact) mass is 252 g/mol. The van der Waals surface area contributed by atoms with Crippen LogP contribution >= 0.6 is 22.9 Å². The van der Waals surface area contributed by atoms with E-state index in [2.05, 4.69) is 12.2 Å². The Kier molecular flexibility index (Phi) is 2.42. The zero-order valence-electron chi connectivity index (χ0n) is 9.09.